The first-order chi connectivity index (χ1) is 11.8. The van der Waals surface area contributed by atoms with Crippen LogP contribution < -0.4 is 9.64 Å². The first-order valence-electron chi connectivity index (χ1n) is 8.34. The van der Waals surface area contributed by atoms with Crippen LogP contribution in [0.15, 0.2) is 42.6 Å². The summed E-state index contributed by atoms with van der Waals surface area (Å²) in [5, 5.41) is 9.22. The Labute approximate surface area is 143 Å². The predicted molar refractivity (Wildman–Crippen MR) is 94.1 cm³/mol. The molecule has 0 amide bonds. The third-order valence-electron chi connectivity index (χ3n) is 4.22. The smallest absolute Gasteiger partial charge is 0.146 e. The molecule has 124 valence electrons. The van der Waals surface area contributed by atoms with Gasteiger partial charge >= 0.3 is 0 Å². The lowest BCUT2D eigenvalue weighted by Crippen LogP contribution is -2.46. The van der Waals surface area contributed by atoms with Crippen LogP contribution in [0.4, 0.5) is 5.82 Å². The van der Waals surface area contributed by atoms with Crippen LogP contribution in [0.2, 0.25) is 0 Å². The van der Waals surface area contributed by atoms with Crippen LogP contribution >= 0.6 is 0 Å². The second-order valence-corrected chi connectivity index (χ2v) is 5.83. The number of aromatic nitrogens is 1. The molecule has 2 heterocycles. The van der Waals surface area contributed by atoms with Crippen LogP contribution in [-0.2, 0) is 6.54 Å². The Kier molecular flexibility index (Phi) is 5.29. The highest BCUT2D eigenvalue weighted by atomic mass is 16.5. The molecule has 5 nitrogen and oxygen atoms in total. The summed E-state index contributed by atoms with van der Waals surface area (Å²) in [6.07, 6.45) is 1.75. The van der Waals surface area contributed by atoms with Crippen LogP contribution in [0.25, 0.3) is 0 Å². The number of rotatable bonds is 5. The van der Waals surface area contributed by atoms with E-state index in [0.717, 1.165) is 44.3 Å². The largest absolute Gasteiger partial charge is 0.494 e. The number of piperazine rings is 1. The number of hydrogen-bond acceptors (Lipinski definition) is 5. The van der Waals surface area contributed by atoms with E-state index in [4.69, 9.17) is 4.74 Å². The van der Waals surface area contributed by atoms with Gasteiger partial charge in [0, 0.05) is 38.9 Å². The first-order valence-corrected chi connectivity index (χ1v) is 8.34. The lowest BCUT2D eigenvalue weighted by atomic mass is 10.2. The maximum atomic E-state index is 9.22. The number of nitrogens with zero attached hydrogens (tertiary/aromatic N) is 4. The molecule has 1 aliphatic rings. The highest BCUT2D eigenvalue weighted by Gasteiger charge is 2.20. The summed E-state index contributed by atoms with van der Waals surface area (Å²) in [6, 6.07) is 14.2. The van der Waals surface area contributed by atoms with E-state index in [2.05, 4.69) is 33.0 Å². The van der Waals surface area contributed by atoms with Gasteiger partial charge in [-0.2, -0.15) is 5.26 Å². The normalized spacial score (nSPS) is 15.1. The molecule has 1 aromatic heterocycles. The first kappa shape index (κ1) is 16.3. The molecule has 0 bridgehead atoms. The molecule has 24 heavy (non-hydrogen) atoms. The molecule has 1 aliphatic heterocycles. The van der Waals surface area contributed by atoms with Gasteiger partial charge < -0.3 is 9.64 Å². The number of pyridine rings is 1. The highest BCUT2D eigenvalue weighted by molar-refractivity contribution is 5.53. The summed E-state index contributed by atoms with van der Waals surface area (Å²) in [6.45, 7) is 7.34. The van der Waals surface area contributed by atoms with E-state index >= 15 is 0 Å². The molecule has 2 aromatic rings. The molecule has 1 saturated heterocycles. The summed E-state index contributed by atoms with van der Waals surface area (Å²) < 4.78 is 5.48. The Morgan fingerprint density at radius 3 is 2.54 bits per heavy atom. The Morgan fingerprint density at radius 1 is 1.12 bits per heavy atom. The fourth-order valence-corrected chi connectivity index (χ4v) is 2.97. The summed E-state index contributed by atoms with van der Waals surface area (Å²) in [7, 11) is 0. The van der Waals surface area contributed by atoms with Gasteiger partial charge in [-0.05, 0) is 36.8 Å². The standard InChI is InChI=1S/C19H22N4O/c1-2-24-18-7-5-16(6-8-18)15-22-10-12-23(13-11-22)19-17(14-20)4-3-9-21-19/h3-9H,2,10-13,15H2,1H3. The number of hydrogen-bond donors (Lipinski definition) is 0. The van der Waals surface area contributed by atoms with Crippen LogP contribution in [0.1, 0.15) is 18.1 Å². The lowest BCUT2D eigenvalue weighted by molar-refractivity contribution is 0.249. The van der Waals surface area contributed by atoms with Crippen molar-refractivity contribution in [3.63, 3.8) is 0 Å². The fraction of sp³-hybridized carbons (Fsp3) is 0.368. The summed E-state index contributed by atoms with van der Waals surface area (Å²) >= 11 is 0. The topological polar surface area (TPSA) is 52.4 Å². The van der Waals surface area contributed by atoms with E-state index in [9.17, 15) is 5.26 Å². The Bertz CT molecular complexity index is 700. The van der Waals surface area contributed by atoms with Crippen molar-refractivity contribution in [1.29, 1.82) is 5.26 Å². The molecular weight excluding hydrogens is 300 g/mol. The highest BCUT2D eigenvalue weighted by Crippen LogP contribution is 2.19. The quantitative estimate of drug-likeness (QED) is 0.847. The molecule has 0 N–H and O–H groups in total. The summed E-state index contributed by atoms with van der Waals surface area (Å²) in [4.78, 5) is 9.01. The molecule has 3 rings (SSSR count). The van der Waals surface area contributed by atoms with Crippen molar-refractivity contribution in [2.45, 2.75) is 13.5 Å². The molecule has 0 spiro atoms. The molecule has 0 atom stereocenters. The van der Waals surface area contributed by atoms with Crippen LogP contribution in [0, 0.1) is 11.3 Å². The van der Waals surface area contributed by atoms with Crippen molar-refractivity contribution < 1.29 is 4.74 Å². The third kappa shape index (κ3) is 3.84. The molecule has 5 heteroatoms. The summed E-state index contributed by atoms with van der Waals surface area (Å²) in [5.41, 5.74) is 1.94. The maximum Gasteiger partial charge on any atom is 0.146 e. The monoisotopic (exact) mass is 322 g/mol. The van der Waals surface area contributed by atoms with E-state index in [-0.39, 0.29) is 0 Å². The second kappa shape index (κ2) is 7.80. The van der Waals surface area contributed by atoms with Crippen molar-refractivity contribution in [3.8, 4) is 11.8 Å². The van der Waals surface area contributed by atoms with Crippen LogP contribution in [-0.4, -0.2) is 42.7 Å². The number of ether oxygens (including phenoxy) is 1. The van der Waals surface area contributed by atoms with Crippen LogP contribution in [0.5, 0.6) is 5.75 Å². The third-order valence-corrected chi connectivity index (χ3v) is 4.22. The van der Waals surface area contributed by atoms with Gasteiger partial charge in [0.15, 0.2) is 0 Å². The van der Waals surface area contributed by atoms with Crippen molar-refractivity contribution in [1.82, 2.24) is 9.88 Å². The number of benzene rings is 1. The van der Waals surface area contributed by atoms with E-state index in [1.54, 1.807) is 6.20 Å². The van der Waals surface area contributed by atoms with Crippen molar-refractivity contribution >= 4 is 5.82 Å². The summed E-state index contributed by atoms with van der Waals surface area (Å²) in [5.74, 6) is 1.73. The Morgan fingerprint density at radius 2 is 1.88 bits per heavy atom. The SMILES string of the molecule is CCOc1ccc(CN2CCN(c3ncccc3C#N)CC2)cc1. The molecule has 0 aliphatic carbocycles. The van der Waals surface area contributed by atoms with E-state index in [1.807, 2.05) is 31.2 Å². The predicted octanol–water partition coefficient (Wildman–Crippen LogP) is 2.67. The van der Waals surface area contributed by atoms with E-state index in [1.165, 1.54) is 5.56 Å². The van der Waals surface area contributed by atoms with Gasteiger partial charge in [-0.15, -0.1) is 0 Å². The minimum Gasteiger partial charge on any atom is -0.494 e. The zero-order valence-electron chi connectivity index (χ0n) is 14.0. The Hall–Kier alpha value is -2.58. The zero-order chi connectivity index (χ0) is 16.8. The van der Waals surface area contributed by atoms with Gasteiger partial charge in [-0.1, -0.05) is 12.1 Å². The molecule has 1 fully saturated rings. The molecule has 1 aromatic carbocycles. The Balaban J connectivity index is 1.56. The van der Waals surface area contributed by atoms with Gasteiger partial charge in [-0.3, -0.25) is 4.90 Å². The van der Waals surface area contributed by atoms with E-state index < -0.39 is 0 Å². The lowest BCUT2D eigenvalue weighted by Gasteiger charge is -2.35. The van der Waals surface area contributed by atoms with Crippen LogP contribution in [0.3, 0.4) is 0 Å². The van der Waals surface area contributed by atoms with E-state index in [0.29, 0.717) is 12.2 Å². The van der Waals surface area contributed by atoms with Gasteiger partial charge in [-0.25, -0.2) is 4.98 Å². The maximum absolute atomic E-state index is 9.22. The van der Waals surface area contributed by atoms with Crippen molar-refractivity contribution in [2.24, 2.45) is 0 Å². The van der Waals surface area contributed by atoms with Gasteiger partial charge in [0.1, 0.15) is 17.6 Å². The molecule has 0 unspecified atom stereocenters. The molecule has 0 radical (unpaired) electrons. The minimum atomic E-state index is 0.650. The zero-order valence-corrected chi connectivity index (χ0v) is 14.0. The van der Waals surface area contributed by atoms with Crippen molar-refractivity contribution in [3.05, 3.63) is 53.7 Å². The average molecular weight is 322 g/mol. The van der Waals surface area contributed by atoms with Gasteiger partial charge in [0.2, 0.25) is 0 Å². The van der Waals surface area contributed by atoms with Gasteiger partial charge in [0.05, 0.1) is 12.2 Å². The minimum absolute atomic E-state index is 0.650. The fourth-order valence-electron chi connectivity index (χ4n) is 2.97. The second-order valence-electron chi connectivity index (χ2n) is 5.83. The molecular formula is C19H22N4O. The number of nitriles is 1. The molecule has 0 saturated carbocycles. The van der Waals surface area contributed by atoms with Gasteiger partial charge in [0.25, 0.3) is 0 Å². The average Bonchev–Trinajstić information content (AvgIpc) is 2.64. The number of anilines is 1. The van der Waals surface area contributed by atoms with Crippen molar-refractivity contribution in [2.75, 3.05) is 37.7 Å².